The minimum Gasteiger partial charge on any atom is -0.384 e. The molecule has 1 heterocycles. The van der Waals surface area contributed by atoms with Crippen molar-refractivity contribution < 1.29 is 9.59 Å². The van der Waals surface area contributed by atoms with E-state index in [1.807, 2.05) is 12.1 Å². The number of amides is 1. The van der Waals surface area contributed by atoms with Gasteiger partial charge in [0.05, 0.1) is 12.1 Å². The summed E-state index contributed by atoms with van der Waals surface area (Å²) in [6.07, 6.45) is 2.73. The number of rotatable bonds is 5. The smallest absolute Gasteiger partial charge is 0.254 e. The van der Waals surface area contributed by atoms with Crippen LogP contribution in [0.4, 0.5) is 5.69 Å². The maximum atomic E-state index is 12.5. The Morgan fingerprint density at radius 1 is 1.18 bits per heavy atom. The van der Waals surface area contributed by atoms with Gasteiger partial charge >= 0.3 is 0 Å². The number of benzene rings is 2. The summed E-state index contributed by atoms with van der Waals surface area (Å²) in [5.41, 5.74) is 8.47. The quantitative estimate of drug-likeness (QED) is 0.324. The molecular formula is C22H22N4O2. The van der Waals surface area contributed by atoms with Gasteiger partial charge in [-0.25, -0.2) is 0 Å². The lowest BCUT2D eigenvalue weighted by atomic mass is 10.0. The Kier molecular flexibility index (Phi) is 6.07. The Bertz CT molecular complexity index is 949. The zero-order valence-electron chi connectivity index (χ0n) is 15.5. The fourth-order valence-corrected chi connectivity index (χ4v) is 3.08. The Labute approximate surface area is 164 Å². The molecule has 6 nitrogen and oxygen atoms in total. The molecule has 4 N–H and O–H groups in total. The molecule has 0 unspecified atom stereocenters. The average molecular weight is 374 g/mol. The Morgan fingerprint density at radius 3 is 2.54 bits per heavy atom. The van der Waals surface area contributed by atoms with Crippen molar-refractivity contribution in [3.63, 3.8) is 0 Å². The molecule has 3 rings (SSSR count). The molecule has 0 saturated carbocycles. The molecule has 6 heteroatoms. The average Bonchev–Trinajstić information content (AvgIpc) is 3.25. The molecule has 1 aliphatic heterocycles. The monoisotopic (exact) mass is 374 g/mol. The van der Waals surface area contributed by atoms with Gasteiger partial charge in [-0.15, -0.1) is 0 Å². The van der Waals surface area contributed by atoms with Gasteiger partial charge in [0.2, 0.25) is 0 Å². The van der Waals surface area contributed by atoms with E-state index in [0.717, 1.165) is 31.6 Å². The van der Waals surface area contributed by atoms with Crippen LogP contribution in [0.5, 0.6) is 0 Å². The van der Waals surface area contributed by atoms with Gasteiger partial charge in [-0.2, -0.15) is 0 Å². The lowest BCUT2D eigenvalue weighted by molar-refractivity contribution is 0.0789. The molecule has 0 aliphatic carbocycles. The van der Waals surface area contributed by atoms with Crippen LogP contribution in [0.1, 0.15) is 44.7 Å². The van der Waals surface area contributed by atoms with Gasteiger partial charge in [0.25, 0.3) is 5.91 Å². The zero-order chi connectivity index (χ0) is 19.9. The predicted molar refractivity (Wildman–Crippen MR) is 110 cm³/mol. The molecule has 28 heavy (non-hydrogen) atoms. The summed E-state index contributed by atoms with van der Waals surface area (Å²) in [6.45, 7) is 1.92. The van der Waals surface area contributed by atoms with E-state index in [-0.39, 0.29) is 11.7 Å². The third-order valence-electron chi connectivity index (χ3n) is 4.61. The van der Waals surface area contributed by atoms with E-state index < -0.39 is 0 Å². The topological polar surface area (TPSA) is 99.3 Å². The highest BCUT2D eigenvalue weighted by Gasteiger charge is 2.21. The van der Waals surface area contributed by atoms with Crippen molar-refractivity contribution in [3.05, 3.63) is 64.7 Å². The number of amidine groups is 1. The predicted octanol–water partition coefficient (Wildman–Crippen LogP) is 2.48. The number of aldehydes is 1. The number of hydrogen-bond donors (Lipinski definition) is 3. The second kappa shape index (κ2) is 8.87. The zero-order valence-corrected chi connectivity index (χ0v) is 15.5. The molecule has 0 bridgehead atoms. The van der Waals surface area contributed by atoms with Crippen LogP contribution in [0.3, 0.4) is 0 Å². The first-order valence-corrected chi connectivity index (χ1v) is 9.14. The first-order valence-electron chi connectivity index (χ1n) is 9.14. The Hall–Kier alpha value is -3.59. The summed E-state index contributed by atoms with van der Waals surface area (Å²) in [7, 11) is 0. The van der Waals surface area contributed by atoms with Crippen LogP contribution in [0.15, 0.2) is 42.5 Å². The third kappa shape index (κ3) is 4.57. The van der Waals surface area contributed by atoms with E-state index in [9.17, 15) is 9.59 Å². The summed E-state index contributed by atoms with van der Waals surface area (Å²) >= 11 is 0. The van der Waals surface area contributed by atoms with Crippen molar-refractivity contribution in [2.75, 3.05) is 25.0 Å². The Balaban J connectivity index is 1.64. The van der Waals surface area contributed by atoms with E-state index in [2.05, 4.69) is 17.2 Å². The lowest BCUT2D eigenvalue weighted by Gasteiger charge is -2.16. The second-order valence-electron chi connectivity index (χ2n) is 6.57. The van der Waals surface area contributed by atoms with Gasteiger partial charge < -0.3 is 16.0 Å². The number of nitrogens with zero attached hydrogens (tertiary/aromatic N) is 1. The molecule has 1 aliphatic rings. The number of nitrogens with one attached hydrogen (secondary N) is 2. The second-order valence-corrected chi connectivity index (χ2v) is 6.57. The molecule has 0 spiro atoms. The number of likely N-dealkylation sites (tertiary alicyclic amines) is 1. The van der Waals surface area contributed by atoms with Crippen LogP contribution in [-0.4, -0.2) is 42.6 Å². The molecule has 0 radical (unpaired) electrons. The van der Waals surface area contributed by atoms with Gasteiger partial charge in [-0.3, -0.25) is 15.0 Å². The van der Waals surface area contributed by atoms with Gasteiger partial charge in [0.15, 0.2) is 6.29 Å². The van der Waals surface area contributed by atoms with Crippen molar-refractivity contribution in [3.8, 4) is 11.8 Å². The summed E-state index contributed by atoms with van der Waals surface area (Å²) < 4.78 is 0. The van der Waals surface area contributed by atoms with Crippen molar-refractivity contribution >= 4 is 23.7 Å². The first-order chi connectivity index (χ1) is 13.6. The van der Waals surface area contributed by atoms with Crippen LogP contribution < -0.4 is 11.1 Å². The van der Waals surface area contributed by atoms with Gasteiger partial charge in [-0.1, -0.05) is 11.8 Å². The standard InChI is InChI=1S/C22H22N4O2/c23-21(24)17-6-8-19(9-7-17)25-11-3-4-16-5-10-20(18(14-16)15-27)22(28)26-12-1-2-13-26/h5-10,14-15,25H,1-2,11-13H2,(H3,23,24). The molecule has 0 aromatic heterocycles. The summed E-state index contributed by atoms with van der Waals surface area (Å²) in [4.78, 5) is 25.7. The number of carbonyl (C=O) groups is 2. The molecule has 142 valence electrons. The SMILES string of the molecule is N=C(N)c1ccc(NCC#Cc2ccc(C(=O)N3CCCC3)c(C=O)c2)cc1. The van der Waals surface area contributed by atoms with Gasteiger partial charge in [0, 0.05) is 35.5 Å². The van der Waals surface area contributed by atoms with Crippen LogP contribution in [0, 0.1) is 17.3 Å². The number of anilines is 1. The Morgan fingerprint density at radius 2 is 1.89 bits per heavy atom. The van der Waals surface area contributed by atoms with E-state index >= 15 is 0 Å². The van der Waals surface area contributed by atoms with Crippen molar-refractivity contribution in [2.45, 2.75) is 12.8 Å². The fraction of sp³-hybridized carbons (Fsp3) is 0.227. The normalized spacial score (nSPS) is 12.8. The van der Waals surface area contributed by atoms with Gasteiger partial charge in [-0.05, 0) is 55.3 Å². The van der Waals surface area contributed by atoms with Crippen LogP contribution in [0.2, 0.25) is 0 Å². The van der Waals surface area contributed by atoms with Crippen LogP contribution in [0.25, 0.3) is 0 Å². The highest BCUT2D eigenvalue weighted by molar-refractivity contribution is 6.01. The molecule has 1 fully saturated rings. The molecule has 1 amide bonds. The highest BCUT2D eigenvalue weighted by Crippen LogP contribution is 2.16. The lowest BCUT2D eigenvalue weighted by Crippen LogP contribution is -2.28. The molecule has 1 saturated heterocycles. The molecule has 2 aromatic carbocycles. The minimum absolute atomic E-state index is 0.0315. The number of carbonyl (C=O) groups excluding carboxylic acids is 2. The van der Waals surface area contributed by atoms with Crippen LogP contribution >= 0.6 is 0 Å². The highest BCUT2D eigenvalue weighted by atomic mass is 16.2. The molecule has 2 aromatic rings. The van der Waals surface area contributed by atoms with E-state index in [4.69, 9.17) is 11.1 Å². The third-order valence-corrected chi connectivity index (χ3v) is 4.61. The first kappa shape index (κ1) is 19.2. The van der Waals surface area contributed by atoms with Crippen molar-refractivity contribution in [1.29, 1.82) is 5.41 Å². The summed E-state index contributed by atoms with van der Waals surface area (Å²) in [6, 6.07) is 12.3. The maximum absolute atomic E-state index is 12.5. The van der Waals surface area contributed by atoms with Crippen molar-refractivity contribution in [1.82, 2.24) is 4.90 Å². The molecular weight excluding hydrogens is 352 g/mol. The number of nitrogens with two attached hydrogens (primary N) is 1. The largest absolute Gasteiger partial charge is 0.384 e. The molecule has 0 atom stereocenters. The minimum atomic E-state index is -0.0882. The van der Waals surface area contributed by atoms with E-state index in [0.29, 0.717) is 35.1 Å². The fourth-order valence-electron chi connectivity index (χ4n) is 3.08. The van der Waals surface area contributed by atoms with Crippen molar-refractivity contribution in [2.24, 2.45) is 5.73 Å². The number of nitrogen functional groups attached to an aromatic ring is 1. The number of hydrogen-bond acceptors (Lipinski definition) is 4. The van der Waals surface area contributed by atoms with E-state index in [1.165, 1.54) is 0 Å². The van der Waals surface area contributed by atoms with Crippen LogP contribution in [-0.2, 0) is 0 Å². The summed E-state index contributed by atoms with van der Waals surface area (Å²) in [5.74, 6) is 5.95. The summed E-state index contributed by atoms with van der Waals surface area (Å²) in [5, 5.41) is 10.5. The maximum Gasteiger partial charge on any atom is 0.254 e. The van der Waals surface area contributed by atoms with Gasteiger partial charge in [0.1, 0.15) is 5.84 Å². The van der Waals surface area contributed by atoms with E-state index in [1.54, 1.807) is 35.2 Å².